The van der Waals surface area contributed by atoms with Crippen molar-refractivity contribution >= 4 is 24.1 Å². The van der Waals surface area contributed by atoms with Crippen molar-refractivity contribution in [1.82, 2.24) is 0 Å². The van der Waals surface area contributed by atoms with E-state index < -0.39 is 25.1 Å². The summed E-state index contributed by atoms with van der Waals surface area (Å²) in [5.74, 6) is -1.00. The highest BCUT2D eigenvalue weighted by molar-refractivity contribution is 7.54. The minimum absolute atomic E-state index is 0.155. The van der Waals surface area contributed by atoms with Gasteiger partial charge < -0.3 is 14.4 Å². The van der Waals surface area contributed by atoms with E-state index in [1.807, 2.05) is 30.3 Å². The Morgan fingerprint density at radius 1 is 0.929 bits per heavy atom. The Labute approximate surface area is 160 Å². The molecule has 0 amide bonds. The first-order chi connectivity index (χ1) is 13.3. The Balaban J connectivity index is 2.13. The first-order valence-electron chi connectivity index (χ1n) is 8.41. The predicted molar refractivity (Wildman–Crippen MR) is 103 cm³/mol. The monoisotopic (exact) mass is 409 g/mol. The average molecular weight is 409 g/mol. The van der Waals surface area contributed by atoms with Crippen LogP contribution in [0.15, 0.2) is 66.7 Å². The molecular formula is C20H19F3NO3P. The van der Waals surface area contributed by atoms with E-state index in [-0.39, 0.29) is 5.69 Å². The molecule has 0 radical (unpaired) electrons. The molecule has 0 aliphatic carbocycles. The molecular weight excluding hydrogens is 390 g/mol. The molecule has 0 aliphatic heterocycles. The molecule has 3 aromatic rings. The topological polar surface area (TPSA) is 47.6 Å². The summed E-state index contributed by atoms with van der Waals surface area (Å²) in [6.07, 6.45) is -4.49. The van der Waals surface area contributed by atoms with Gasteiger partial charge in [0.2, 0.25) is 0 Å². The second kappa shape index (κ2) is 7.95. The van der Waals surface area contributed by atoms with Crippen LogP contribution in [0.4, 0.5) is 18.9 Å². The minimum Gasteiger partial charge on any atom is -0.368 e. The maximum atomic E-state index is 13.3. The summed E-state index contributed by atoms with van der Waals surface area (Å²) in [6, 6.07) is 17.6. The Kier molecular flexibility index (Phi) is 5.79. The van der Waals surface area contributed by atoms with E-state index in [2.05, 4.69) is 5.32 Å². The van der Waals surface area contributed by atoms with Crippen LogP contribution >= 0.6 is 7.60 Å². The van der Waals surface area contributed by atoms with Crippen LogP contribution in [-0.4, -0.2) is 14.2 Å². The third-order valence-electron chi connectivity index (χ3n) is 4.44. The number of alkyl halides is 3. The van der Waals surface area contributed by atoms with Crippen molar-refractivity contribution in [3.05, 3.63) is 77.9 Å². The summed E-state index contributed by atoms with van der Waals surface area (Å²) in [4.78, 5) is 0. The maximum absolute atomic E-state index is 13.3. The van der Waals surface area contributed by atoms with Gasteiger partial charge in [-0.2, -0.15) is 13.2 Å². The Bertz CT molecular complexity index is 1010. The summed E-state index contributed by atoms with van der Waals surface area (Å²) in [7, 11) is -1.24. The van der Waals surface area contributed by atoms with E-state index in [0.29, 0.717) is 5.56 Å². The third-order valence-corrected chi connectivity index (χ3v) is 6.49. The fourth-order valence-electron chi connectivity index (χ4n) is 3.04. The Hall–Kier alpha value is -2.34. The molecule has 0 spiro atoms. The average Bonchev–Trinajstić information content (AvgIpc) is 2.71. The summed E-state index contributed by atoms with van der Waals surface area (Å²) in [5.41, 5.74) is -0.0523. The van der Waals surface area contributed by atoms with Gasteiger partial charge in [-0.15, -0.1) is 0 Å². The zero-order chi connectivity index (χ0) is 20.4. The number of halogens is 3. The van der Waals surface area contributed by atoms with Crippen molar-refractivity contribution in [3.8, 4) is 0 Å². The van der Waals surface area contributed by atoms with Crippen molar-refractivity contribution in [3.63, 3.8) is 0 Å². The third kappa shape index (κ3) is 4.07. The van der Waals surface area contributed by atoms with E-state index in [1.54, 1.807) is 12.1 Å². The van der Waals surface area contributed by atoms with Crippen LogP contribution in [0.2, 0.25) is 0 Å². The SMILES string of the molecule is COP(=O)(OC)C(Nc1cccc(C(F)(F)F)c1)c1cccc2ccccc12. The molecule has 0 saturated heterocycles. The maximum Gasteiger partial charge on any atom is 0.416 e. The molecule has 0 bridgehead atoms. The van der Waals surface area contributed by atoms with Gasteiger partial charge in [0.25, 0.3) is 0 Å². The fourth-order valence-corrected chi connectivity index (χ4v) is 4.49. The number of hydrogen-bond acceptors (Lipinski definition) is 4. The molecule has 0 heterocycles. The zero-order valence-electron chi connectivity index (χ0n) is 15.2. The Morgan fingerprint density at radius 3 is 2.25 bits per heavy atom. The first-order valence-corrected chi connectivity index (χ1v) is 10.0. The highest BCUT2D eigenvalue weighted by Crippen LogP contribution is 2.60. The van der Waals surface area contributed by atoms with Crippen LogP contribution in [-0.2, 0) is 19.8 Å². The van der Waals surface area contributed by atoms with Crippen molar-refractivity contribution in [2.24, 2.45) is 0 Å². The van der Waals surface area contributed by atoms with Gasteiger partial charge in [-0.05, 0) is 34.5 Å². The highest BCUT2D eigenvalue weighted by Gasteiger charge is 2.37. The van der Waals surface area contributed by atoms with Gasteiger partial charge in [0.1, 0.15) is 0 Å². The van der Waals surface area contributed by atoms with Gasteiger partial charge >= 0.3 is 13.8 Å². The summed E-state index contributed by atoms with van der Waals surface area (Å²) >= 11 is 0. The van der Waals surface area contributed by atoms with Gasteiger partial charge in [-0.25, -0.2) is 0 Å². The molecule has 0 aromatic heterocycles. The molecule has 3 rings (SSSR count). The fraction of sp³-hybridized carbons (Fsp3) is 0.200. The predicted octanol–water partition coefficient (Wildman–Crippen LogP) is 6.46. The van der Waals surface area contributed by atoms with Crippen LogP contribution in [0.5, 0.6) is 0 Å². The second-order valence-electron chi connectivity index (χ2n) is 6.10. The van der Waals surface area contributed by atoms with E-state index in [0.717, 1.165) is 22.9 Å². The molecule has 148 valence electrons. The number of fused-ring (bicyclic) bond motifs is 1. The van der Waals surface area contributed by atoms with E-state index >= 15 is 0 Å². The lowest BCUT2D eigenvalue weighted by molar-refractivity contribution is -0.137. The molecule has 1 atom stereocenters. The number of anilines is 1. The molecule has 0 saturated carbocycles. The highest BCUT2D eigenvalue weighted by atomic mass is 31.2. The number of nitrogens with one attached hydrogen (secondary N) is 1. The molecule has 1 unspecified atom stereocenters. The lowest BCUT2D eigenvalue weighted by Crippen LogP contribution is -2.15. The summed E-state index contributed by atoms with van der Waals surface area (Å²) < 4.78 is 62.8. The van der Waals surface area contributed by atoms with Gasteiger partial charge in [0.05, 0.1) is 5.56 Å². The van der Waals surface area contributed by atoms with Crippen LogP contribution in [0, 0.1) is 0 Å². The molecule has 1 N–H and O–H groups in total. The van der Waals surface area contributed by atoms with E-state index in [9.17, 15) is 17.7 Å². The zero-order valence-corrected chi connectivity index (χ0v) is 16.1. The van der Waals surface area contributed by atoms with Crippen LogP contribution in [0.25, 0.3) is 10.8 Å². The molecule has 3 aromatic carbocycles. The smallest absolute Gasteiger partial charge is 0.368 e. The Morgan fingerprint density at radius 2 is 1.57 bits per heavy atom. The number of rotatable bonds is 6. The van der Waals surface area contributed by atoms with Crippen molar-refractivity contribution in [1.29, 1.82) is 0 Å². The van der Waals surface area contributed by atoms with E-state index in [1.165, 1.54) is 26.4 Å². The van der Waals surface area contributed by atoms with Crippen molar-refractivity contribution in [2.75, 3.05) is 19.5 Å². The normalized spacial score (nSPS) is 13.5. The molecule has 0 aliphatic rings. The van der Waals surface area contributed by atoms with Gasteiger partial charge in [0.15, 0.2) is 5.78 Å². The van der Waals surface area contributed by atoms with Gasteiger partial charge in [-0.3, -0.25) is 4.57 Å². The number of benzene rings is 3. The van der Waals surface area contributed by atoms with Gasteiger partial charge in [-0.1, -0.05) is 48.5 Å². The lowest BCUT2D eigenvalue weighted by Gasteiger charge is -2.27. The molecule has 8 heteroatoms. The van der Waals surface area contributed by atoms with E-state index in [4.69, 9.17) is 9.05 Å². The van der Waals surface area contributed by atoms with Gasteiger partial charge in [0, 0.05) is 19.9 Å². The largest absolute Gasteiger partial charge is 0.416 e. The van der Waals surface area contributed by atoms with Crippen LogP contribution in [0.3, 0.4) is 0 Å². The van der Waals surface area contributed by atoms with Crippen molar-refractivity contribution < 1.29 is 26.8 Å². The summed E-state index contributed by atoms with van der Waals surface area (Å²) in [5, 5.41) is 4.62. The van der Waals surface area contributed by atoms with Crippen LogP contribution in [0.1, 0.15) is 16.9 Å². The first kappa shape index (κ1) is 20.4. The lowest BCUT2D eigenvalue weighted by atomic mass is 10.0. The minimum atomic E-state index is -4.49. The molecule has 0 fully saturated rings. The van der Waals surface area contributed by atoms with Crippen LogP contribution < -0.4 is 5.32 Å². The number of hydrogen-bond donors (Lipinski definition) is 1. The standard InChI is InChI=1S/C20H19F3NO3P/c1-26-28(25,27-2)19(18-12-5-8-14-7-3-4-11-17(14)18)24-16-10-6-9-15(13-16)20(21,22)23/h3-13,19,24H,1-2H3. The summed E-state index contributed by atoms with van der Waals surface area (Å²) in [6.45, 7) is 0. The molecule has 4 nitrogen and oxygen atoms in total. The second-order valence-corrected chi connectivity index (χ2v) is 8.43. The van der Waals surface area contributed by atoms with Crippen molar-refractivity contribution in [2.45, 2.75) is 12.0 Å². The molecule has 28 heavy (non-hydrogen) atoms. The quantitative estimate of drug-likeness (QED) is 0.475.